The monoisotopic (exact) mass is 523 g/mol. The van der Waals surface area contributed by atoms with E-state index in [2.05, 4.69) is 9.36 Å². The van der Waals surface area contributed by atoms with Gasteiger partial charge in [-0.3, -0.25) is 4.31 Å². The highest BCUT2D eigenvalue weighted by Gasteiger charge is 2.20. The van der Waals surface area contributed by atoms with Crippen LogP contribution in [0.3, 0.4) is 0 Å². The van der Waals surface area contributed by atoms with E-state index in [-0.39, 0.29) is 17.2 Å². The van der Waals surface area contributed by atoms with Gasteiger partial charge in [0.2, 0.25) is 5.13 Å². The van der Waals surface area contributed by atoms with E-state index in [0.717, 1.165) is 53.3 Å². The van der Waals surface area contributed by atoms with Crippen molar-refractivity contribution in [3.05, 3.63) is 83.7 Å². The molecular weight excluding hydrogens is 506 g/mol. The highest BCUT2D eigenvalue weighted by atomic mass is 32.2. The minimum Gasteiger partial charge on any atom is -0.497 e. The van der Waals surface area contributed by atoms with Gasteiger partial charge < -0.3 is 14.2 Å². The minimum absolute atomic E-state index is 0.0667. The molecule has 6 nitrogen and oxygen atoms in total. The van der Waals surface area contributed by atoms with Crippen LogP contribution in [-0.4, -0.2) is 23.6 Å². The summed E-state index contributed by atoms with van der Waals surface area (Å²) in [4.78, 5) is 4.11. The largest absolute Gasteiger partial charge is 0.497 e. The van der Waals surface area contributed by atoms with Crippen molar-refractivity contribution in [3.63, 3.8) is 0 Å². The Bertz CT molecular complexity index is 1310. The smallest absolute Gasteiger partial charge is 0.215 e. The van der Waals surface area contributed by atoms with E-state index in [9.17, 15) is 17.6 Å². The first kappa shape index (κ1) is 24.6. The Morgan fingerprint density at radius 2 is 1.63 bits per heavy atom. The molecule has 1 aromatic heterocycles. The number of methoxy groups -OCH3 is 2. The Balaban J connectivity index is 1.61. The van der Waals surface area contributed by atoms with Crippen molar-refractivity contribution in [2.45, 2.75) is 11.4 Å². The maximum atomic E-state index is 15.0. The third-order valence-electron chi connectivity index (χ3n) is 4.63. The van der Waals surface area contributed by atoms with Crippen molar-refractivity contribution in [3.8, 4) is 23.0 Å². The number of anilines is 1. The fourth-order valence-corrected chi connectivity index (χ4v) is 4.56. The molecule has 3 aromatic carbocycles. The van der Waals surface area contributed by atoms with Crippen molar-refractivity contribution in [2.75, 3.05) is 18.5 Å². The average molecular weight is 524 g/mol. The first-order chi connectivity index (χ1) is 16.9. The van der Waals surface area contributed by atoms with Crippen LogP contribution in [0.2, 0.25) is 0 Å². The molecule has 0 saturated heterocycles. The summed E-state index contributed by atoms with van der Waals surface area (Å²) in [6.45, 7) is 0.217. The van der Waals surface area contributed by atoms with Crippen LogP contribution in [0.1, 0.15) is 5.56 Å². The van der Waals surface area contributed by atoms with Gasteiger partial charge in [-0.2, -0.15) is 4.37 Å². The molecule has 4 aromatic rings. The second-order valence-corrected chi connectivity index (χ2v) is 8.77. The van der Waals surface area contributed by atoms with Crippen molar-refractivity contribution in [2.24, 2.45) is 0 Å². The van der Waals surface area contributed by atoms with Gasteiger partial charge in [-0.15, -0.1) is 0 Å². The summed E-state index contributed by atoms with van der Waals surface area (Å²) in [6.07, 6.45) is 1.35. The van der Waals surface area contributed by atoms with Crippen molar-refractivity contribution in [1.82, 2.24) is 9.36 Å². The number of hydrogen-bond donors (Lipinski definition) is 0. The summed E-state index contributed by atoms with van der Waals surface area (Å²) in [7, 11) is 3.05. The Morgan fingerprint density at radius 3 is 2.29 bits per heavy atom. The van der Waals surface area contributed by atoms with Crippen LogP contribution in [0, 0.1) is 23.3 Å². The fourth-order valence-electron chi connectivity index (χ4n) is 3.04. The Labute approximate surface area is 206 Å². The Kier molecular flexibility index (Phi) is 7.61. The van der Waals surface area contributed by atoms with Crippen LogP contribution in [0.4, 0.5) is 22.7 Å². The molecule has 35 heavy (non-hydrogen) atoms. The molecule has 0 aliphatic carbocycles. The maximum Gasteiger partial charge on any atom is 0.215 e. The number of nitrogens with zero attached hydrogens (tertiary/aromatic N) is 3. The first-order valence-corrected chi connectivity index (χ1v) is 11.5. The molecule has 0 bridgehead atoms. The van der Waals surface area contributed by atoms with Crippen molar-refractivity contribution >= 4 is 28.6 Å². The SMILES string of the molecule is COc1ccc(CN(Sc2cc(F)c(Oc3cc(F)cc(F)c3)cc2F)c2ncns2)c(OC)c1. The molecule has 0 fully saturated rings. The molecule has 0 unspecified atom stereocenters. The third kappa shape index (κ3) is 5.95. The summed E-state index contributed by atoms with van der Waals surface area (Å²) in [5.41, 5.74) is 0.741. The molecule has 0 amide bonds. The van der Waals surface area contributed by atoms with Gasteiger partial charge >= 0.3 is 0 Å². The van der Waals surface area contributed by atoms with Crippen LogP contribution in [-0.2, 0) is 6.54 Å². The quantitative estimate of drug-likeness (QED) is 0.181. The van der Waals surface area contributed by atoms with Gasteiger partial charge in [0.1, 0.15) is 41.0 Å². The lowest BCUT2D eigenvalue weighted by atomic mass is 10.2. The fraction of sp³-hybridized carbons (Fsp3) is 0.130. The molecule has 0 N–H and O–H groups in total. The molecule has 1 heterocycles. The third-order valence-corrected chi connectivity index (χ3v) is 6.47. The van der Waals surface area contributed by atoms with Crippen LogP contribution in [0.25, 0.3) is 0 Å². The van der Waals surface area contributed by atoms with E-state index in [1.807, 2.05) is 0 Å². The van der Waals surface area contributed by atoms with Gasteiger partial charge in [-0.05, 0) is 30.1 Å². The van der Waals surface area contributed by atoms with Gasteiger partial charge in [0.15, 0.2) is 11.6 Å². The lowest BCUT2D eigenvalue weighted by molar-refractivity contribution is 0.391. The highest BCUT2D eigenvalue weighted by Crippen LogP contribution is 2.38. The number of ether oxygens (including phenoxy) is 3. The normalized spacial score (nSPS) is 10.8. The van der Waals surface area contributed by atoms with E-state index < -0.39 is 29.0 Å². The molecule has 0 aliphatic heterocycles. The van der Waals surface area contributed by atoms with E-state index in [4.69, 9.17) is 14.2 Å². The van der Waals surface area contributed by atoms with Crippen molar-refractivity contribution in [1.29, 1.82) is 0 Å². The average Bonchev–Trinajstić information content (AvgIpc) is 3.36. The summed E-state index contributed by atoms with van der Waals surface area (Å²) in [5.74, 6) is -3.22. The van der Waals surface area contributed by atoms with Crippen LogP contribution >= 0.6 is 23.5 Å². The molecule has 12 heteroatoms. The van der Waals surface area contributed by atoms with E-state index >= 15 is 0 Å². The molecular formula is C23H17F4N3O3S2. The minimum atomic E-state index is -0.919. The zero-order valence-corrected chi connectivity index (χ0v) is 19.9. The van der Waals surface area contributed by atoms with E-state index in [0.29, 0.717) is 22.7 Å². The van der Waals surface area contributed by atoms with Gasteiger partial charge in [0.05, 0.1) is 25.7 Å². The predicted octanol–water partition coefficient (Wildman–Crippen LogP) is 6.62. The number of hydrogen-bond acceptors (Lipinski definition) is 8. The zero-order chi connectivity index (χ0) is 24.9. The van der Waals surface area contributed by atoms with Gasteiger partial charge in [-0.1, -0.05) is 0 Å². The summed E-state index contributed by atoms with van der Waals surface area (Å²) >= 11 is 1.97. The number of benzene rings is 3. The standard InChI is InChI=1S/C23H17F4N3O3S2/c1-31-16-4-3-13(20(8-16)32-2)11-30(23-28-12-29-34-23)35-22-10-18(26)21(9-19(22)27)33-17-6-14(24)5-15(25)7-17/h3-10,12H,11H2,1-2H3. The summed E-state index contributed by atoms with van der Waals surface area (Å²) in [5, 5.41) is 0.447. The summed E-state index contributed by atoms with van der Waals surface area (Å²) < 4.78 is 78.0. The molecule has 4 rings (SSSR count). The molecule has 0 spiro atoms. The maximum absolute atomic E-state index is 15.0. The Hall–Kier alpha value is -3.51. The molecule has 0 saturated carbocycles. The highest BCUT2D eigenvalue weighted by molar-refractivity contribution is 8.00. The number of aromatic nitrogens is 2. The second-order valence-electron chi connectivity index (χ2n) is 6.95. The topological polar surface area (TPSA) is 56.7 Å². The van der Waals surface area contributed by atoms with Gasteiger partial charge in [0.25, 0.3) is 0 Å². The van der Waals surface area contributed by atoms with Crippen molar-refractivity contribution < 1.29 is 31.8 Å². The van der Waals surface area contributed by atoms with Crippen LogP contribution in [0.5, 0.6) is 23.0 Å². The first-order valence-electron chi connectivity index (χ1n) is 9.92. The van der Waals surface area contributed by atoms with Gasteiger partial charge in [-0.25, -0.2) is 22.5 Å². The molecule has 0 aliphatic rings. The molecule has 182 valence electrons. The van der Waals surface area contributed by atoms with Crippen LogP contribution < -0.4 is 18.5 Å². The number of rotatable bonds is 9. The van der Waals surface area contributed by atoms with Crippen LogP contribution in [0.15, 0.2) is 59.8 Å². The Morgan fingerprint density at radius 1 is 0.857 bits per heavy atom. The lowest BCUT2D eigenvalue weighted by Gasteiger charge is -2.22. The zero-order valence-electron chi connectivity index (χ0n) is 18.3. The molecule has 0 atom stereocenters. The second kappa shape index (κ2) is 10.8. The molecule has 0 radical (unpaired) electrons. The van der Waals surface area contributed by atoms with E-state index in [1.165, 1.54) is 20.5 Å². The van der Waals surface area contributed by atoms with E-state index in [1.54, 1.807) is 22.5 Å². The number of halogens is 4. The predicted molar refractivity (Wildman–Crippen MR) is 124 cm³/mol. The van der Waals surface area contributed by atoms with Gasteiger partial charge in [0, 0.05) is 47.4 Å². The lowest BCUT2D eigenvalue weighted by Crippen LogP contribution is -2.15. The summed E-state index contributed by atoms with van der Waals surface area (Å²) in [6, 6.07) is 9.37.